The molecule has 2 aromatic heterocycles. The number of anilines is 1. The average molecular weight is 553 g/mol. The molecule has 1 fully saturated rings. The fraction of sp³-hybridized carbons (Fsp3) is 0.323. The van der Waals surface area contributed by atoms with Crippen molar-refractivity contribution in [3.63, 3.8) is 0 Å². The van der Waals surface area contributed by atoms with Gasteiger partial charge in [-0.2, -0.15) is 0 Å². The zero-order valence-electron chi connectivity index (χ0n) is 23.8. The summed E-state index contributed by atoms with van der Waals surface area (Å²) >= 11 is 0. The lowest BCUT2D eigenvalue weighted by molar-refractivity contribution is 0.102. The minimum atomic E-state index is -1.65. The van der Waals surface area contributed by atoms with Crippen LogP contribution in [0.2, 0.25) is 19.6 Å². The lowest BCUT2D eigenvalue weighted by Crippen LogP contribution is -2.46. The molecule has 0 spiro atoms. The van der Waals surface area contributed by atoms with Gasteiger partial charge in [0.15, 0.2) is 5.65 Å². The number of carbonyl (C=O) groups excluding carboxylic acids is 1. The first-order chi connectivity index (χ1) is 19.0. The van der Waals surface area contributed by atoms with E-state index in [4.69, 9.17) is 0 Å². The molecular weight excluding hydrogens is 516 g/mol. The summed E-state index contributed by atoms with van der Waals surface area (Å²) in [5.41, 5.74) is 5.95. The smallest absolute Gasteiger partial charge is 0.322 e. The molecule has 1 aliphatic heterocycles. The maximum atomic E-state index is 13.3. The van der Waals surface area contributed by atoms with E-state index in [1.807, 2.05) is 31.2 Å². The Bertz CT molecular complexity index is 1680. The molecule has 0 unspecified atom stereocenters. The fourth-order valence-electron chi connectivity index (χ4n) is 4.97. The molecule has 0 aliphatic carbocycles. The van der Waals surface area contributed by atoms with Crippen LogP contribution in [0.15, 0.2) is 53.5 Å². The minimum absolute atomic E-state index is 0.163. The number of hydrogen-bond acceptors (Lipinski definition) is 5. The molecule has 4 aromatic rings. The van der Waals surface area contributed by atoms with Gasteiger partial charge in [-0.1, -0.05) is 48.8 Å². The summed E-state index contributed by atoms with van der Waals surface area (Å²) in [5, 5.41) is 4.50. The molecule has 1 saturated heterocycles. The molecule has 1 amide bonds. The lowest BCUT2D eigenvalue weighted by atomic mass is 10.0. The Morgan fingerprint density at radius 2 is 1.80 bits per heavy atom. The Hall–Kier alpha value is -3.97. The van der Waals surface area contributed by atoms with Crippen molar-refractivity contribution >= 4 is 36.0 Å². The van der Waals surface area contributed by atoms with Gasteiger partial charge in [-0.15, -0.1) is 0 Å². The SMILES string of the molecule is Cc1ccc(C(=O)Nc2ccc(CN3CCN(C)CC3)c([Si](C)(C)C)c2)cc1C#Cc1cnc2[nH]c(=O)[nH]c2c1. The van der Waals surface area contributed by atoms with Gasteiger partial charge in [-0.25, -0.2) is 9.78 Å². The van der Waals surface area contributed by atoms with Crippen molar-refractivity contribution in [2.75, 3.05) is 38.5 Å². The third-order valence-corrected chi connectivity index (χ3v) is 9.46. The quantitative estimate of drug-likeness (QED) is 0.260. The molecule has 8 nitrogen and oxygen atoms in total. The van der Waals surface area contributed by atoms with Crippen LogP contribution in [0.25, 0.3) is 11.2 Å². The van der Waals surface area contributed by atoms with Gasteiger partial charge < -0.3 is 15.2 Å². The maximum absolute atomic E-state index is 13.3. The number of benzene rings is 2. The molecule has 0 radical (unpaired) electrons. The summed E-state index contributed by atoms with van der Waals surface area (Å²) < 4.78 is 0. The molecule has 3 N–H and O–H groups in total. The second kappa shape index (κ2) is 11.3. The van der Waals surface area contributed by atoms with E-state index in [-0.39, 0.29) is 11.6 Å². The number of hydrogen-bond donors (Lipinski definition) is 3. The van der Waals surface area contributed by atoms with E-state index in [1.54, 1.807) is 12.3 Å². The predicted octanol–water partition coefficient (Wildman–Crippen LogP) is 3.50. The Morgan fingerprint density at radius 1 is 1.02 bits per heavy atom. The van der Waals surface area contributed by atoms with Crippen LogP contribution in [0.1, 0.15) is 32.6 Å². The lowest BCUT2D eigenvalue weighted by Gasteiger charge is -2.33. The van der Waals surface area contributed by atoms with Crippen LogP contribution in [0.4, 0.5) is 5.69 Å². The fourth-order valence-corrected chi connectivity index (χ4v) is 6.68. The van der Waals surface area contributed by atoms with Crippen LogP contribution in [0, 0.1) is 18.8 Å². The van der Waals surface area contributed by atoms with Crippen LogP contribution < -0.4 is 16.2 Å². The second-order valence-electron chi connectivity index (χ2n) is 11.6. The number of pyridine rings is 1. The van der Waals surface area contributed by atoms with Crippen LogP contribution in [-0.4, -0.2) is 72.0 Å². The first-order valence-electron chi connectivity index (χ1n) is 13.6. The van der Waals surface area contributed by atoms with Gasteiger partial charge in [0.2, 0.25) is 0 Å². The first-order valence-corrected chi connectivity index (χ1v) is 17.1. The van der Waals surface area contributed by atoms with Crippen molar-refractivity contribution in [1.82, 2.24) is 24.8 Å². The van der Waals surface area contributed by atoms with Gasteiger partial charge in [-0.3, -0.25) is 14.7 Å². The number of H-pyrrole nitrogens is 2. The number of imidazole rings is 1. The molecule has 3 heterocycles. The van der Waals surface area contributed by atoms with E-state index in [2.05, 4.69) is 80.7 Å². The highest BCUT2D eigenvalue weighted by atomic mass is 28.3. The van der Waals surface area contributed by atoms with E-state index in [1.165, 1.54) is 10.8 Å². The molecule has 0 bridgehead atoms. The number of aromatic nitrogens is 3. The highest BCUT2D eigenvalue weighted by molar-refractivity contribution is 6.89. The van der Waals surface area contributed by atoms with E-state index >= 15 is 0 Å². The minimum Gasteiger partial charge on any atom is -0.322 e. The summed E-state index contributed by atoms with van der Waals surface area (Å²) in [7, 11) is 0.532. The summed E-state index contributed by atoms with van der Waals surface area (Å²) in [5.74, 6) is 6.10. The summed E-state index contributed by atoms with van der Waals surface area (Å²) in [6.07, 6.45) is 1.62. The molecule has 0 atom stereocenters. The van der Waals surface area contributed by atoms with Crippen molar-refractivity contribution < 1.29 is 4.79 Å². The second-order valence-corrected chi connectivity index (χ2v) is 16.7. The monoisotopic (exact) mass is 552 g/mol. The molecule has 9 heteroatoms. The Labute approximate surface area is 235 Å². The summed E-state index contributed by atoms with van der Waals surface area (Å²) in [6, 6.07) is 13.7. The maximum Gasteiger partial charge on any atom is 0.325 e. The zero-order chi connectivity index (χ0) is 28.4. The van der Waals surface area contributed by atoms with Crippen LogP contribution in [-0.2, 0) is 6.54 Å². The van der Waals surface area contributed by atoms with Gasteiger partial charge >= 0.3 is 5.69 Å². The number of aryl methyl sites for hydroxylation is 1. The highest BCUT2D eigenvalue weighted by Gasteiger charge is 2.23. The first kappa shape index (κ1) is 27.6. The van der Waals surface area contributed by atoms with Crippen molar-refractivity contribution in [3.8, 4) is 11.8 Å². The third kappa shape index (κ3) is 6.42. The highest BCUT2D eigenvalue weighted by Crippen LogP contribution is 2.18. The normalized spacial score (nSPS) is 14.6. The number of carbonyl (C=O) groups is 1. The number of nitrogens with zero attached hydrogens (tertiary/aromatic N) is 3. The van der Waals surface area contributed by atoms with Gasteiger partial charge in [0.05, 0.1) is 13.6 Å². The van der Waals surface area contributed by atoms with Gasteiger partial charge in [0.25, 0.3) is 5.91 Å². The van der Waals surface area contributed by atoms with Crippen LogP contribution in [0.5, 0.6) is 0 Å². The molecule has 40 heavy (non-hydrogen) atoms. The molecular formula is C31H36N6O2Si. The topological polar surface area (TPSA) is 97.1 Å². The number of likely N-dealkylation sites (N-methyl/N-ethyl adjacent to an activating group) is 1. The average Bonchev–Trinajstić information content (AvgIpc) is 3.29. The van der Waals surface area contributed by atoms with E-state index < -0.39 is 8.07 Å². The number of rotatable bonds is 5. The number of amides is 1. The number of fused-ring (bicyclic) bond motifs is 1. The Balaban J connectivity index is 1.34. The third-order valence-electron chi connectivity index (χ3n) is 7.37. The molecule has 5 rings (SSSR count). The molecule has 206 valence electrons. The van der Waals surface area contributed by atoms with Crippen molar-refractivity contribution in [2.45, 2.75) is 33.1 Å². The summed E-state index contributed by atoms with van der Waals surface area (Å²) in [4.78, 5) is 39.3. The van der Waals surface area contributed by atoms with Crippen molar-refractivity contribution in [2.24, 2.45) is 0 Å². The van der Waals surface area contributed by atoms with Crippen molar-refractivity contribution in [3.05, 3.63) is 87.0 Å². The van der Waals surface area contributed by atoms with E-state index in [0.29, 0.717) is 22.3 Å². The Morgan fingerprint density at radius 3 is 2.55 bits per heavy atom. The Kier molecular flexibility index (Phi) is 7.76. The van der Waals surface area contributed by atoms with E-state index in [9.17, 15) is 9.59 Å². The number of piperazine rings is 1. The summed E-state index contributed by atoms with van der Waals surface area (Å²) in [6.45, 7) is 14.3. The largest absolute Gasteiger partial charge is 0.325 e. The predicted molar refractivity (Wildman–Crippen MR) is 164 cm³/mol. The van der Waals surface area contributed by atoms with Gasteiger partial charge in [0, 0.05) is 61.3 Å². The number of aromatic amines is 2. The zero-order valence-corrected chi connectivity index (χ0v) is 24.8. The van der Waals surface area contributed by atoms with Crippen LogP contribution >= 0.6 is 0 Å². The van der Waals surface area contributed by atoms with Crippen molar-refractivity contribution in [1.29, 1.82) is 0 Å². The van der Waals surface area contributed by atoms with Crippen LogP contribution in [0.3, 0.4) is 0 Å². The molecule has 1 aliphatic rings. The molecule has 2 aromatic carbocycles. The van der Waals surface area contributed by atoms with Gasteiger partial charge in [0.1, 0.15) is 0 Å². The standard InChI is InChI=1S/C31H36N6O2Si/c1-21-6-8-24(17-23(21)9-7-22-16-27-29(32-19-22)35-31(39)34-27)30(38)33-26-11-10-25(28(18-26)40(3,4)5)20-37-14-12-36(2)13-15-37/h6,8,10-11,16-19H,12-15,20H2,1-5H3,(H,33,38)(H2,32,34,35,39). The molecule has 0 saturated carbocycles. The van der Waals surface area contributed by atoms with Gasteiger partial charge in [-0.05, 0) is 55.4 Å². The number of nitrogens with one attached hydrogen (secondary N) is 3. The van der Waals surface area contributed by atoms with E-state index in [0.717, 1.165) is 49.5 Å².